The van der Waals surface area contributed by atoms with Crippen molar-refractivity contribution in [3.63, 3.8) is 0 Å². The van der Waals surface area contributed by atoms with Crippen molar-refractivity contribution >= 4 is 92.4 Å². The maximum absolute atomic E-state index is 6.22. The predicted molar refractivity (Wildman–Crippen MR) is 219 cm³/mol. The SMILES string of the molecule is c1ccc2c(c1)oc1ccc(-c3ccc(N(c4ccc(-c5cccc6oc7ccccc7c56)cc4)c4cccc5c4sc4ccccc45)cc3)cc12. The number of fused-ring (bicyclic) bond motifs is 9. The number of anilines is 3. The second kappa shape index (κ2) is 11.5. The highest BCUT2D eigenvalue weighted by Crippen LogP contribution is 2.46. The van der Waals surface area contributed by atoms with Crippen molar-refractivity contribution in [2.75, 3.05) is 4.90 Å². The summed E-state index contributed by atoms with van der Waals surface area (Å²) in [5.74, 6) is 0. The van der Waals surface area contributed by atoms with Crippen molar-refractivity contribution in [1.29, 1.82) is 0 Å². The molecule has 8 aromatic carbocycles. The van der Waals surface area contributed by atoms with Crippen LogP contribution in [0.1, 0.15) is 0 Å². The van der Waals surface area contributed by atoms with E-state index in [0.717, 1.165) is 77.6 Å². The average molecular weight is 684 g/mol. The van der Waals surface area contributed by atoms with Crippen LogP contribution in [0.2, 0.25) is 0 Å². The van der Waals surface area contributed by atoms with Gasteiger partial charge in [0.1, 0.15) is 22.3 Å². The van der Waals surface area contributed by atoms with Crippen molar-refractivity contribution < 1.29 is 8.83 Å². The largest absolute Gasteiger partial charge is 0.456 e. The lowest BCUT2D eigenvalue weighted by atomic mass is 9.99. The molecule has 0 aliphatic rings. The van der Waals surface area contributed by atoms with Gasteiger partial charge in [-0.3, -0.25) is 0 Å². The van der Waals surface area contributed by atoms with Gasteiger partial charge >= 0.3 is 0 Å². The molecule has 0 aliphatic carbocycles. The maximum atomic E-state index is 6.22. The highest BCUT2D eigenvalue weighted by atomic mass is 32.1. The fourth-order valence-electron chi connectivity index (χ4n) is 7.85. The van der Waals surface area contributed by atoms with Crippen molar-refractivity contribution in [1.82, 2.24) is 0 Å². The Balaban J connectivity index is 1.05. The predicted octanol–water partition coefficient (Wildman–Crippen LogP) is 14.7. The second-order valence-corrected chi connectivity index (χ2v) is 14.3. The van der Waals surface area contributed by atoms with Crippen LogP contribution < -0.4 is 4.90 Å². The maximum Gasteiger partial charge on any atom is 0.136 e. The zero-order valence-corrected chi connectivity index (χ0v) is 28.7. The molecule has 0 atom stereocenters. The number of furan rings is 2. The molecule has 52 heavy (non-hydrogen) atoms. The van der Waals surface area contributed by atoms with E-state index < -0.39 is 0 Å². The van der Waals surface area contributed by atoms with E-state index in [1.54, 1.807) is 0 Å². The molecule has 3 nitrogen and oxygen atoms in total. The highest BCUT2D eigenvalue weighted by Gasteiger charge is 2.19. The smallest absolute Gasteiger partial charge is 0.136 e. The molecule has 0 aliphatic heterocycles. The van der Waals surface area contributed by atoms with E-state index in [2.05, 4.69) is 157 Å². The Morgan fingerprint density at radius 1 is 0.385 bits per heavy atom. The fraction of sp³-hybridized carbons (Fsp3) is 0. The van der Waals surface area contributed by atoms with Gasteiger partial charge in [0, 0.05) is 48.4 Å². The number of thiophene rings is 1. The Morgan fingerprint density at radius 3 is 1.77 bits per heavy atom. The molecule has 11 aromatic rings. The summed E-state index contributed by atoms with van der Waals surface area (Å²) in [6.45, 7) is 0. The number of nitrogens with zero attached hydrogens (tertiary/aromatic N) is 1. The third-order valence-electron chi connectivity index (χ3n) is 10.3. The standard InChI is InChI=1S/C48H29NO2S/c1-4-15-42-36(9-1)40-29-32(23-28-44(40)50-42)30-19-24-33(25-20-30)49(41-14-7-13-38-37-10-3-6-18-46(37)52-48(38)41)34-26-21-31(22-27-34)35-12-8-17-45-47(35)39-11-2-5-16-43(39)51-45/h1-29H. The first-order valence-corrected chi connectivity index (χ1v) is 18.3. The summed E-state index contributed by atoms with van der Waals surface area (Å²) in [6, 6.07) is 62.6. The van der Waals surface area contributed by atoms with Crippen LogP contribution in [0.25, 0.3) is 86.3 Å². The van der Waals surface area contributed by atoms with Gasteiger partial charge in [-0.05, 0) is 89.0 Å². The van der Waals surface area contributed by atoms with Gasteiger partial charge in [0.15, 0.2) is 0 Å². The van der Waals surface area contributed by atoms with Crippen molar-refractivity contribution in [2.24, 2.45) is 0 Å². The lowest BCUT2D eigenvalue weighted by Crippen LogP contribution is -2.10. The van der Waals surface area contributed by atoms with Crippen molar-refractivity contribution in [3.8, 4) is 22.3 Å². The van der Waals surface area contributed by atoms with E-state index in [1.807, 2.05) is 35.6 Å². The molecule has 0 saturated heterocycles. The zero-order valence-electron chi connectivity index (χ0n) is 27.9. The molecule has 4 heteroatoms. The van der Waals surface area contributed by atoms with E-state index in [4.69, 9.17) is 8.83 Å². The normalized spacial score (nSPS) is 11.8. The van der Waals surface area contributed by atoms with Gasteiger partial charge in [-0.25, -0.2) is 0 Å². The summed E-state index contributed by atoms with van der Waals surface area (Å²) in [5.41, 5.74) is 11.6. The average Bonchev–Trinajstić information content (AvgIpc) is 3.90. The Morgan fingerprint density at radius 2 is 0.962 bits per heavy atom. The lowest BCUT2D eigenvalue weighted by Gasteiger charge is -2.26. The number of hydrogen-bond acceptors (Lipinski definition) is 4. The number of benzene rings is 8. The van der Waals surface area contributed by atoms with Crippen molar-refractivity contribution in [2.45, 2.75) is 0 Å². The van der Waals surface area contributed by atoms with Gasteiger partial charge in [-0.2, -0.15) is 0 Å². The van der Waals surface area contributed by atoms with Crippen LogP contribution in [0.4, 0.5) is 17.1 Å². The Labute approximate surface area is 303 Å². The molecule has 0 bridgehead atoms. The van der Waals surface area contributed by atoms with Gasteiger partial charge in [0.25, 0.3) is 0 Å². The van der Waals surface area contributed by atoms with Gasteiger partial charge in [-0.1, -0.05) is 109 Å². The summed E-state index contributed by atoms with van der Waals surface area (Å²) in [5, 5.41) is 7.12. The fourth-order valence-corrected chi connectivity index (χ4v) is 9.06. The van der Waals surface area contributed by atoms with Crippen LogP contribution in [0.15, 0.2) is 185 Å². The quantitative estimate of drug-likeness (QED) is 0.181. The third kappa shape index (κ3) is 4.51. The molecule has 3 aromatic heterocycles. The van der Waals surface area contributed by atoms with E-state index in [0.29, 0.717) is 0 Å². The van der Waals surface area contributed by atoms with Crippen LogP contribution in [-0.4, -0.2) is 0 Å². The molecule has 0 spiro atoms. The number of hydrogen-bond donors (Lipinski definition) is 0. The molecule has 0 unspecified atom stereocenters. The minimum absolute atomic E-state index is 0.904. The van der Waals surface area contributed by atoms with Gasteiger partial charge < -0.3 is 13.7 Å². The lowest BCUT2D eigenvalue weighted by molar-refractivity contribution is 0.668. The molecule has 0 fully saturated rings. The van der Waals surface area contributed by atoms with Gasteiger partial charge in [0.05, 0.1) is 10.4 Å². The topological polar surface area (TPSA) is 29.5 Å². The van der Waals surface area contributed by atoms with Crippen LogP contribution in [0.5, 0.6) is 0 Å². The number of rotatable bonds is 5. The monoisotopic (exact) mass is 683 g/mol. The second-order valence-electron chi connectivity index (χ2n) is 13.3. The van der Waals surface area contributed by atoms with Crippen LogP contribution in [-0.2, 0) is 0 Å². The summed E-state index contributed by atoms with van der Waals surface area (Å²) in [6.07, 6.45) is 0. The van der Waals surface area contributed by atoms with Gasteiger partial charge in [0.2, 0.25) is 0 Å². The Hall–Kier alpha value is -6.62. The molecular formula is C48H29NO2S. The highest BCUT2D eigenvalue weighted by molar-refractivity contribution is 7.26. The Bertz CT molecular complexity index is 3130. The minimum atomic E-state index is 0.904. The third-order valence-corrected chi connectivity index (χ3v) is 11.5. The van der Waals surface area contributed by atoms with E-state index in [1.165, 1.54) is 25.7 Å². The molecule has 3 heterocycles. The van der Waals surface area contributed by atoms with Crippen molar-refractivity contribution in [3.05, 3.63) is 176 Å². The molecule has 244 valence electrons. The summed E-state index contributed by atoms with van der Waals surface area (Å²) < 4.78 is 14.9. The zero-order chi connectivity index (χ0) is 34.2. The first-order chi connectivity index (χ1) is 25.8. The van der Waals surface area contributed by atoms with E-state index in [-0.39, 0.29) is 0 Å². The molecule has 0 saturated carbocycles. The molecule has 0 radical (unpaired) electrons. The molecule has 0 amide bonds. The number of para-hydroxylation sites is 2. The molecule has 0 N–H and O–H groups in total. The minimum Gasteiger partial charge on any atom is -0.456 e. The molecular weight excluding hydrogens is 655 g/mol. The van der Waals surface area contributed by atoms with Gasteiger partial charge in [-0.15, -0.1) is 11.3 Å². The van der Waals surface area contributed by atoms with E-state index in [9.17, 15) is 0 Å². The summed E-state index contributed by atoms with van der Waals surface area (Å²) in [7, 11) is 0. The summed E-state index contributed by atoms with van der Waals surface area (Å²) in [4.78, 5) is 2.39. The van der Waals surface area contributed by atoms with Crippen LogP contribution in [0.3, 0.4) is 0 Å². The summed E-state index contributed by atoms with van der Waals surface area (Å²) >= 11 is 1.85. The van der Waals surface area contributed by atoms with Crippen LogP contribution in [0, 0.1) is 0 Å². The Kier molecular flexibility index (Phi) is 6.42. The first kappa shape index (κ1) is 29.1. The van der Waals surface area contributed by atoms with Crippen LogP contribution >= 0.6 is 11.3 Å². The first-order valence-electron chi connectivity index (χ1n) is 17.5. The van der Waals surface area contributed by atoms with E-state index >= 15 is 0 Å². The molecule has 11 rings (SSSR count).